The van der Waals surface area contributed by atoms with Gasteiger partial charge in [-0.05, 0) is 17.7 Å². The fraction of sp³-hybridized carbons (Fsp3) is 0.500. The highest BCUT2D eigenvalue weighted by atomic mass is 35.5. The maximum Gasteiger partial charge on any atom is 0.202 e. The van der Waals surface area contributed by atoms with E-state index in [0.717, 1.165) is 5.82 Å². The molecule has 2 N–H and O–H groups in total. The third-order valence-electron chi connectivity index (χ3n) is 3.55. The molecule has 0 radical (unpaired) electrons. The van der Waals surface area contributed by atoms with Gasteiger partial charge in [0.05, 0.1) is 11.1 Å². The van der Waals surface area contributed by atoms with Gasteiger partial charge in [0, 0.05) is 23.5 Å². The minimum Gasteiger partial charge on any atom is -0.486 e. The number of benzene rings is 1. The molecular weight excluding hydrogens is 350 g/mol. The normalized spacial score (nSPS) is 15.2. The summed E-state index contributed by atoms with van der Waals surface area (Å²) in [5.74, 6) is 1.88. The highest BCUT2D eigenvalue weighted by molar-refractivity contribution is 7.09. The first kappa shape index (κ1) is 17.3. The van der Waals surface area contributed by atoms with E-state index in [1.807, 2.05) is 0 Å². The van der Waals surface area contributed by atoms with Crippen LogP contribution in [-0.2, 0) is 5.41 Å². The Kier molecular flexibility index (Phi) is 4.85. The topological polar surface area (TPSA) is 76.5 Å². The number of hydrogen-bond donors (Lipinski definition) is 2. The summed E-state index contributed by atoms with van der Waals surface area (Å²) in [5.41, 5.74) is 0.565. The Morgan fingerprint density at radius 3 is 2.79 bits per heavy atom. The summed E-state index contributed by atoms with van der Waals surface area (Å²) in [5, 5.41) is 14.6. The van der Waals surface area contributed by atoms with Gasteiger partial charge in [0.2, 0.25) is 5.13 Å². The zero-order valence-electron chi connectivity index (χ0n) is 13.8. The molecule has 0 spiro atoms. The van der Waals surface area contributed by atoms with Crippen molar-refractivity contribution in [2.75, 3.05) is 25.1 Å². The Balaban J connectivity index is 1.68. The van der Waals surface area contributed by atoms with Crippen LogP contribution in [0.2, 0.25) is 5.02 Å². The van der Waals surface area contributed by atoms with Crippen molar-refractivity contribution in [1.82, 2.24) is 9.36 Å². The lowest BCUT2D eigenvalue weighted by Gasteiger charge is -2.21. The van der Waals surface area contributed by atoms with Gasteiger partial charge in [0.25, 0.3) is 0 Å². The molecule has 0 saturated heterocycles. The predicted molar refractivity (Wildman–Crippen MR) is 94.5 cm³/mol. The van der Waals surface area contributed by atoms with E-state index in [4.69, 9.17) is 21.1 Å². The van der Waals surface area contributed by atoms with Crippen LogP contribution in [-0.4, -0.2) is 34.2 Å². The SMILES string of the molecule is CC(C)(C)c1nsc(NCC(O)c2cc(Cl)c3c(c2)OCCO3)n1. The van der Waals surface area contributed by atoms with Crippen LogP contribution in [0.3, 0.4) is 0 Å². The number of hydrogen-bond acceptors (Lipinski definition) is 7. The fourth-order valence-electron chi connectivity index (χ4n) is 2.22. The summed E-state index contributed by atoms with van der Waals surface area (Å²) in [6.07, 6.45) is -0.750. The standard InChI is InChI=1S/C16H20ClN3O3S/c1-16(2,3)14-19-15(24-20-14)18-8-11(21)9-6-10(17)13-12(7-9)22-4-5-23-13/h6-7,11,21H,4-5,8H2,1-3H3,(H,18,19,20). The Bertz CT molecular complexity index is 730. The van der Waals surface area contributed by atoms with E-state index in [0.29, 0.717) is 47.0 Å². The van der Waals surface area contributed by atoms with Gasteiger partial charge in [-0.1, -0.05) is 32.4 Å². The van der Waals surface area contributed by atoms with E-state index < -0.39 is 6.10 Å². The van der Waals surface area contributed by atoms with E-state index >= 15 is 0 Å². The second kappa shape index (κ2) is 6.74. The van der Waals surface area contributed by atoms with Crippen molar-refractivity contribution in [2.24, 2.45) is 0 Å². The van der Waals surface area contributed by atoms with Crippen molar-refractivity contribution < 1.29 is 14.6 Å². The minimum absolute atomic E-state index is 0.0988. The number of rotatable bonds is 4. The average Bonchev–Trinajstić information content (AvgIpc) is 3.02. The highest BCUT2D eigenvalue weighted by Gasteiger charge is 2.21. The largest absolute Gasteiger partial charge is 0.486 e. The molecule has 1 aliphatic rings. The lowest BCUT2D eigenvalue weighted by atomic mass is 9.96. The van der Waals surface area contributed by atoms with E-state index in [1.54, 1.807) is 12.1 Å². The lowest BCUT2D eigenvalue weighted by Crippen LogP contribution is -2.17. The molecule has 1 aromatic heterocycles. The van der Waals surface area contributed by atoms with Crippen LogP contribution in [0.4, 0.5) is 5.13 Å². The number of halogens is 1. The number of ether oxygens (including phenoxy) is 2. The first-order valence-corrected chi connectivity index (χ1v) is 8.85. The molecule has 3 rings (SSSR count). The smallest absolute Gasteiger partial charge is 0.202 e. The highest BCUT2D eigenvalue weighted by Crippen LogP contribution is 2.39. The van der Waals surface area contributed by atoms with E-state index in [-0.39, 0.29) is 5.41 Å². The molecular formula is C16H20ClN3O3S. The van der Waals surface area contributed by atoms with Crippen molar-refractivity contribution in [3.05, 3.63) is 28.5 Å². The Morgan fingerprint density at radius 1 is 1.33 bits per heavy atom. The van der Waals surface area contributed by atoms with Crippen molar-refractivity contribution >= 4 is 28.3 Å². The molecule has 0 saturated carbocycles. The molecule has 8 heteroatoms. The van der Waals surface area contributed by atoms with Gasteiger partial charge < -0.3 is 19.9 Å². The van der Waals surface area contributed by atoms with Gasteiger partial charge in [-0.3, -0.25) is 0 Å². The Labute approximate surface area is 149 Å². The van der Waals surface area contributed by atoms with Crippen LogP contribution in [0.15, 0.2) is 12.1 Å². The quantitative estimate of drug-likeness (QED) is 0.860. The number of nitrogens with zero attached hydrogens (tertiary/aromatic N) is 2. The van der Waals surface area contributed by atoms with E-state index in [2.05, 4.69) is 35.4 Å². The van der Waals surface area contributed by atoms with Crippen molar-refractivity contribution in [1.29, 1.82) is 0 Å². The molecule has 2 aromatic rings. The number of nitrogens with one attached hydrogen (secondary N) is 1. The zero-order chi connectivity index (χ0) is 17.3. The molecule has 1 unspecified atom stereocenters. The van der Waals surface area contributed by atoms with Gasteiger partial charge in [-0.2, -0.15) is 4.37 Å². The van der Waals surface area contributed by atoms with E-state index in [1.165, 1.54) is 11.5 Å². The molecule has 1 aliphatic heterocycles. The van der Waals surface area contributed by atoms with Crippen molar-refractivity contribution in [3.63, 3.8) is 0 Å². The molecule has 24 heavy (non-hydrogen) atoms. The predicted octanol–water partition coefficient (Wildman–Crippen LogP) is 3.41. The summed E-state index contributed by atoms with van der Waals surface area (Å²) in [6.45, 7) is 7.43. The van der Waals surface area contributed by atoms with Crippen LogP contribution in [0.1, 0.15) is 38.3 Å². The zero-order valence-corrected chi connectivity index (χ0v) is 15.4. The number of aliphatic hydroxyl groups excluding tert-OH is 1. The molecule has 1 aromatic carbocycles. The van der Waals surface area contributed by atoms with Crippen molar-refractivity contribution in [2.45, 2.75) is 32.3 Å². The summed E-state index contributed by atoms with van der Waals surface area (Å²) in [4.78, 5) is 4.45. The van der Waals surface area contributed by atoms with Crippen LogP contribution >= 0.6 is 23.1 Å². The van der Waals surface area contributed by atoms with Crippen LogP contribution in [0.25, 0.3) is 0 Å². The molecule has 1 atom stereocenters. The van der Waals surface area contributed by atoms with Crippen LogP contribution in [0.5, 0.6) is 11.5 Å². The van der Waals surface area contributed by atoms with Crippen molar-refractivity contribution in [3.8, 4) is 11.5 Å². The third-order valence-corrected chi connectivity index (χ3v) is 4.50. The van der Waals surface area contributed by atoms with Gasteiger partial charge in [0.15, 0.2) is 11.5 Å². The average molecular weight is 370 g/mol. The maximum absolute atomic E-state index is 10.4. The van der Waals surface area contributed by atoms with E-state index in [9.17, 15) is 5.11 Å². The summed E-state index contributed by atoms with van der Waals surface area (Å²) < 4.78 is 15.4. The monoisotopic (exact) mass is 369 g/mol. The Hall–Kier alpha value is -1.57. The Morgan fingerprint density at radius 2 is 2.08 bits per heavy atom. The van der Waals surface area contributed by atoms with Crippen LogP contribution < -0.4 is 14.8 Å². The fourth-order valence-corrected chi connectivity index (χ4v) is 3.26. The molecule has 2 heterocycles. The molecule has 0 amide bonds. The van der Waals surface area contributed by atoms with Gasteiger partial charge in [0.1, 0.15) is 19.0 Å². The third kappa shape index (κ3) is 3.74. The molecule has 0 aliphatic carbocycles. The summed E-state index contributed by atoms with van der Waals surface area (Å²) >= 11 is 7.49. The van der Waals surface area contributed by atoms with Crippen LogP contribution in [0, 0.1) is 0 Å². The summed E-state index contributed by atoms with van der Waals surface area (Å²) in [7, 11) is 0. The number of aromatic nitrogens is 2. The number of fused-ring (bicyclic) bond motifs is 1. The number of anilines is 1. The molecule has 6 nitrogen and oxygen atoms in total. The second-order valence-electron chi connectivity index (χ2n) is 6.60. The molecule has 130 valence electrons. The number of aliphatic hydroxyl groups is 1. The molecule has 0 bridgehead atoms. The van der Waals surface area contributed by atoms with Gasteiger partial charge >= 0.3 is 0 Å². The van der Waals surface area contributed by atoms with Gasteiger partial charge in [-0.15, -0.1) is 0 Å². The summed E-state index contributed by atoms with van der Waals surface area (Å²) in [6, 6.07) is 3.45. The minimum atomic E-state index is -0.750. The van der Waals surface area contributed by atoms with Gasteiger partial charge in [-0.25, -0.2) is 4.98 Å². The first-order chi connectivity index (χ1) is 11.3. The first-order valence-electron chi connectivity index (χ1n) is 7.70. The lowest BCUT2D eigenvalue weighted by molar-refractivity contribution is 0.167. The second-order valence-corrected chi connectivity index (χ2v) is 7.76. The maximum atomic E-state index is 10.4. The molecule has 0 fully saturated rings.